The number of rotatable bonds is 2. The Labute approximate surface area is 97.3 Å². The predicted octanol–water partition coefficient (Wildman–Crippen LogP) is 3.63. The van der Waals surface area contributed by atoms with Crippen molar-refractivity contribution in [1.29, 1.82) is 0 Å². The van der Waals surface area contributed by atoms with Gasteiger partial charge in [-0.05, 0) is 5.92 Å². The van der Waals surface area contributed by atoms with E-state index in [1.807, 2.05) is 11.3 Å². The van der Waals surface area contributed by atoms with Gasteiger partial charge in [0.2, 0.25) is 0 Å². The zero-order valence-electron chi connectivity index (χ0n) is 10.9. The fourth-order valence-corrected chi connectivity index (χ4v) is 2.64. The average Bonchev–Trinajstić information content (AvgIpc) is 2.45. The minimum Gasteiger partial charge on any atom is -0.354 e. The summed E-state index contributed by atoms with van der Waals surface area (Å²) in [5, 5.41) is 1.11. The summed E-state index contributed by atoms with van der Waals surface area (Å²) in [6.07, 6.45) is 0. The molecule has 0 atom stereocenters. The molecule has 1 rings (SSSR count). The molecule has 0 aromatic carbocycles. The summed E-state index contributed by atoms with van der Waals surface area (Å²) >= 11 is 1.82. The average molecular weight is 226 g/mol. The van der Waals surface area contributed by atoms with Crippen molar-refractivity contribution in [2.75, 3.05) is 19.0 Å². The van der Waals surface area contributed by atoms with Crippen molar-refractivity contribution in [2.24, 2.45) is 0 Å². The van der Waals surface area contributed by atoms with Gasteiger partial charge < -0.3 is 4.90 Å². The maximum absolute atomic E-state index is 4.75. The first-order chi connectivity index (χ1) is 6.73. The van der Waals surface area contributed by atoms with Crippen LogP contribution in [0, 0.1) is 0 Å². The van der Waals surface area contributed by atoms with Crippen molar-refractivity contribution in [3.05, 3.63) is 10.6 Å². The van der Waals surface area contributed by atoms with Crippen molar-refractivity contribution in [3.63, 3.8) is 0 Å². The van der Waals surface area contributed by atoms with Gasteiger partial charge >= 0.3 is 0 Å². The zero-order chi connectivity index (χ0) is 11.8. The standard InChI is InChI=1S/C12H22N2S/c1-8(2)9-10(12(3,4)5)13-11(15-9)14(6)7/h8H,1-7H3. The summed E-state index contributed by atoms with van der Waals surface area (Å²) in [6, 6.07) is 0. The van der Waals surface area contributed by atoms with E-state index >= 15 is 0 Å². The highest BCUT2D eigenvalue weighted by molar-refractivity contribution is 7.15. The SMILES string of the molecule is CC(C)c1sc(N(C)C)nc1C(C)(C)C. The number of hydrogen-bond acceptors (Lipinski definition) is 3. The Hall–Kier alpha value is -0.570. The zero-order valence-corrected chi connectivity index (χ0v) is 11.7. The van der Waals surface area contributed by atoms with E-state index in [1.165, 1.54) is 10.6 Å². The van der Waals surface area contributed by atoms with E-state index in [9.17, 15) is 0 Å². The summed E-state index contributed by atoms with van der Waals surface area (Å²) in [7, 11) is 4.10. The molecule has 0 unspecified atom stereocenters. The Morgan fingerprint density at radius 3 is 2.00 bits per heavy atom. The number of thiazole rings is 1. The third kappa shape index (κ3) is 2.71. The van der Waals surface area contributed by atoms with Gasteiger partial charge in [-0.15, -0.1) is 11.3 Å². The molecule has 2 nitrogen and oxygen atoms in total. The molecule has 0 spiro atoms. The van der Waals surface area contributed by atoms with Crippen molar-refractivity contribution < 1.29 is 0 Å². The van der Waals surface area contributed by atoms with Crippen LogP contribution >= 0.6 is 11.3 Å². The Kier molecular flexibility index (Phi) is 3.44. The van der Waals surface area contributed by atoms with Gasteiger partial charge in [0.1, 0.15) is 0 Å². The molecule has 1 aromatic rings. The number of hydrogen-bond donors (Lipinski definition) is 0. The van der Waals surface area contributed by atoms with Gasteiger partial charge in [-0.3, -0.25) is 0 Å². The summed E-state index contributed by atoms with van der Waals surface area (Å²) in [5.74, 6) is 0.561. The smallest absolute Gasteiger partial charge is 0.185 e. The highest BCUT2D eigenvalue weighted by atomic mass is 32.1. The lowest BCUT2D eigenvalue weighted by atomic mass is 9.89. The number of aromatic nitrogens is 1. The predicted molar refractivity (Wildman–Crippen MR) is 69.2 cm³/mol. The molecule has 0 aliphatic heterocycles. The van der Waals surface area contributed by atoms with Gasteiger partial charge in [-0.25, -0.2) is 4.98 Å². The Balaban J connectivity index is 3.24. The van der Waals surface area contributed by atoms with Crippen LogP contribution in [0.1, 0.15) is 51.1 Å². The Bertz CT molecular complexity index is 332. The lowest BCUT2D eigenvalue weighted by Gasteiger charge is -2.18. The molecule has 1 heterocycles. The second kappa shape index (κ2) is 4.12. The summed E-state index contributed by atoms with van der Waals surface area (Å²) in [6.45, 7) is 11.2. The van der Waals surface area contributed by atoms with Gasteiger partial charge in [0.05, 0.1) is 5.69 Å². The van der Waals surface area contributed by atoms with Crippen molar-refractivity contribution in [3.8, 4) is 0 Å². The van der Waals surface area contributed by atoms with Gasteiger partial charge in [-0.2, -0.15) is 0 Å². The van der Waals surface area contributed by atoms with Crippen LogP contribution in [0.15, 0.2) is 0 Å². The van der Waals surface area contributed by atoms with E-state index < -0.39 is 0 Å². The Morgan fingerprint density at radius 1 is 1.20 bits per heavy atom. The van der Waals surface area contributed by atoms with E-state index in [0.717, 1.165) is 5.13 Å². The van der Waals surface area contributed by atoms with Crippen LogP contribution in [0.3, 0.4) is 0 Å². The van der Waals surface area contributed by atoms with Crippen LogP contribution in [0.4, 0.5) is 5.13 Å². The van der Waals surface area contributed by atoms with Crippen LogP contribution in [0.25, 0.3) is 0 Å². The second-order valence-electron chi connectivity index (χ2n) is 5.51. The molecule has 0 saturated carbocycles. The highest BCUT2D eigenvalue weighted by Crippen LogP contribution is 2.37. The minimum absolute atomic E-state index is 0.143. The molecule has 0 saturated heterocycles. The molecule has 0 radical (unpaired) electrons. The minimum atomic E-state index is 0.143. The molecular formula is C12H22N2S. The topological polar surface area (TPSA) is 16.1 Å². The van der Waals surface area contributed by atoms with E-state index in [-0.39, 0.29) is 5.41 Å². The third-order valence-corrected chi connectivity index (χ3v) is 3.78. The second-order valence-corrected chi connectivity index (χ2v) is 6.52. The number of anilines is 1. The van der Waals surface area contributed by atoms with Crippen molar-refractivity contribution in [2.45, 2.75) is 46.0 Å². The van der Waals surface area contributed by atoms with Gasteiger partial charge in [0.25, 0.3) is 0 Å². The van der Waals surface area contributed by atoms with Crippen LogP contribution in [-0.2, 0) is 5.41 Å². The molecule has 1 aromatic heterocycles. The van der Waals surface area contributed by atoms with E-state index in [1.54, 1.807) is 0 Å². The van der Waals surface area contributed by atoms with Crippen LogP contribution in [0.2, 0.25) is 0 Å². The molecule has 0 bridgehead atoms. The first-order valence-corrected chi connectivity index (χ1v) is 6.23. The normalized spacial score (nSPS) is 12.3. The van der Waals surface area contributed by atoms with E-state index in [4.69, 9.17) is 4.98 Å². The first kappa shape index (κ1) is 12.5. The van der Waals surface area contributed by atoms with Crippen LogP contribution < -0.4 is 4.90 Å². The largest absolute Gasteiger partial charge is 0.354 e. The maximum atomic E-state index is 4.75. The van der Waals surface area contributed by atoms with Crippen molar-refractivity contribution in [1.82, 2.24) is 4.98 Å². The molecule has 0 aliphatic carbocycles. The van der Waals surface area contributed by atoms with Crippen LogP contribution in [0.5, 0.6) is 0 Å². The highest BCUT2D eigenvalue weighted by Gasteiger charge is 2.25. The van der Waals surface area contributed by atoms with E-state index in [0.29, 0.717) is 5.92 Å². The summed E-state index contributed by atoms with van der Waals surface area (Å²) in [5.41, 5.74) is 1.40. The van der Waals surface area contributed by atoms with Crippen LogP contribution in [-0.4, -0.2) is 19.1 Å². The molecular weight excluding hydrogens is 204 g/mol. The lowest BCUT2D eigenvalue weighted by Crippen LogP contribution is -2.15. The summed E-state index contributed by atoms with van der Waals surface area (Å²) in [4.78, 5) is 8.26. The quantitative estimate of drug-likeness (QED) is 0.765. The fourth-order valence-electron chi connectivity index (χ4n) is 1.44. The number of nitrogens with zero attached hydrogens (tertiary/aromatic N) is 2. The maximum Gasteiger partial charge on any atom is 0.185 e. The van der Waals surface area contributed by atoms with Crippen molar-refractivity contribution >= 4 is 16.5 Å². The molecule has 3 heteroatoms. The molecule has 0 aliphatic rings. The molecule has 0 N–H and O–H groups in total. The lowest BCUT2D eigenvalue weighted by molar-refractivity contribution is 0.562. The molecule has 15 heavy (non-hydrogen) atoms. The Morgan fingerprint density at radius 2 is 1.73 bits per heavy atom. The van der Waals surface area contributed by atoms with Gasteiger partial charge in [0.15, 0.2) is 5.13 Å². The first-order valence-electron chi connectivity index (χ1n) is 5.42. The molecule has 0 fully saturated rings. The van der Waals surface area contributed by atoms with E-state index in [2.05, 4.69) is 53.6 Å². The monoisotopic (exact) mass is 226 g/mol. The fraction of sp³-hybridized carbons (Fsp3) is 0.750. The van der Waals surface area contributed by atoms with Gasteiger partial charge in [0, 0.05) is 24.4 Å². The summed E-state index contributed by atoms with van der Waals surface area (Å²) < 4.78 is 0. The van der Waals surface area contributed by atoms with Gasteiger partial charge in [-0.1, -0.05) is 34.6 Å². The molecule has 0 amide bonds. The third-order valence-electron chi connectivity index (χ3n) is 2.26. The molecule has 86 valence electrons.